The number of rotatable bonds is 4. The predicted molar refractivity (Wildman–Crippen MR) is 139 cm³/mol. The predicted octanol–water partition coefficient (Wildman–Crippen LogP) is 6.24. The molecule has 174 valence electrons. The van der Waals surface area contributed by atoms with Gasteiger partial charge < -0.3 is 14.4 Å². The van der Waals surface area contributed by atoms with Crippen molar-refractivity contribution in [1.82, 2.24) is 19.5 Å². The quantitative estimate of drug-likeness (QED) is 0.337. The highest BCUT2D eigenvalue weighted by Crippen LogP contribution is 2.38. The molecule has 2 aromatic carbocycles. The second-order valence-corrected chi connectivity index (χ2v) is 9.94. The van der Waals surface area contributed by atoms with Gasteiger partial charge in [-0.25, -0.2) is 15.0 Å². The third-order valence-corrected chi connectivity index (χ3v) is 7.52. The van der Waals surface area contributed by atoms with Crippen LogP contribution in [0.1, 0.15) is 31.7 Å². The molecule has 3 heterocycles. The van der Waals surface area contributed by atoms with E-state index in [0.717, 1.165) is 77.4 Å². The lowest BCUT2D eigenvalue weighted by Gasteiger charge is -2.36. The summed E-state index contributed by atoms with van der Waals surface area (Å²) in [4.78, 5) is 19.3. The maximum Gasteiger partial charge on any atom is 0.166 e. The fourth-order valence-electron chi connectivity index (χ4n) is 5.27. The summed E-state index contributed by atoms with van der Waals surface area (Å²) in [6, 6.07) is 16.4. The van der Waals surface area contributed by atoms with Crippen LogP contribution < -0.4 is 9.80 Å². The summed E-state index contributed by atoms with van der Waals surface area (Å²) in [6.07, 6.45) is 6.50. The number of imidazole rings is 1. The smallest absolute Gasteiger partial charge is 0.166 e. The van der Waals surface area contributed by atoms with Gasteiger partial charge in [-0.2, -0.15) is 0 Å². The summed E-state index contributed by atoms with van der Waals surface area (Å²) in [7, 11) is 0. The van der Waals surface area contributed by atoms with Crippen molar-refractivity contribution in [3.63, 3.8) is 0 Å². The Labute approximate surface area is 209 Å². The van der Waals surface area contributed by atoms with E-state index in [2.05, 4.69) is 26.5 Å². The minimum atomic E-state index is 0.417. The number of hydrogen-bond acceptors (Lipinski definition) is 5. The van der Waals surface area contributed by atoms with Crippen LogP contribution in [0, 0.1) is 0 Å². The van der Waals surface area contributed by atoms with Crippen molar-refractivity contribution in [2.45, 2.75) is 31.7 Å². The van der Waals surface area contributed by atoms with Crippen molar-refractivity contribution in [1.29, 1.82) is 0 Å². The highest BCUT2D eigenvalue weighted by Gasteiger charge is 2.28. The zero-order chi connectivity index (χ0) is 23.1. The number of anilines is 2. The second-order valence-electron chi connectivity index (χ2n) is 9.07. The monoisotopic (exact) mass is 492 g/mol. The minimum absolute atomic E-state index is 0.417. The van der Waals surface area contributed by atoms with Gasteiger partial charge in [0.05, 0.1) is 0 Å². The molecule has 0 bridgehead atoms. The largest absolute Gasteiger partial charge is 0.368 e. The van der Waals surface area contributed by atoms with E-state index in [1.165, 1.54) is 18.5 Å². The van der Waals surface area contributed by atoms with Crippen molar-refractivity contribution in [2.24, 2.45) is 0 Å². The fourth-order valence-corrected chi connectivity index (χ4v) is 5.52. The molecule has 6 rings (SSSR count). The SMILES string of the molecule is Clc1ccc(-c2nc3c(N4CCN(c5ccc(Cl)cc5)CC4)ncnc3n2C2CCCC2)cc1. The van der Waals surface area contributed by atoms with Crippen LogP contribution in [0.25, 0.3) is 22.6 Å². The average Bonchev–Trinajstić information content (AvgIpc) is 3.53. The van der Waals surface area contributed by atoms with Gasteiger partial charge in [0.15, 0.2) is 17.0 Å². The van der Waals surface area contributed by atoms with E-state index in [9.17, 15) is 0 Å². The summed E-state index contributed by atoms with van der Waals surface area (Å²) >= 11 is 12.2. The average molecular weight is 493 g/mol. The molecule has 0 unspecified atom stereocenters. The maximum atomic E-state index is 6.17. The number of nitrogens with zero attached hydrogens (tertiary/aromatic N) is 6. The van der Waals surface area contributed by atoms with Crippen molar-refractivity contribution in [3.8, 4) is 11.4 Å². The summed E-state index contributed by atoms with van der Waals surface area (Å²) in [5, 5.41) is 1.49. The first-order chi connectivity index (χ1) is 16.7. The maximum absolute atomic E-state index is 6.17. The number of benzene rings is 2. The Bertz CT molecular complexity index is 1290. The van der Waals surface area contributed by atoms with Gasteiger partial charge in [0.2, 0.25) is 0 Å². The number of halogens is 2. The van der Waals surface area contributed by atoms with Gasteiger partial charge in [0.25, 0.3) is 0 Å². The third-order valence-electron chi connectivity index (χ3n) is 7.02. The Morgan fingerprint density at radius 1 is 0.735 bits per heavy atom. The van der Waals surface area contributed by atoms with E-state index in [0.29, 0.717) is 6.04 Å². The first-order valence-electron chi connectivity index (χ1n) is 11.9. The molecule has 4 aromatic rings. The molecule has 2 fully saturated rings. The van der Waals surface area contributed by atoms with Crippen LogP contribution in [0.5, 0.6) is 0 Å². The first-order valence-corrected chi connectivity index (χ1v) is 12.7. The van der Waals surface area contributed by atoms with Crippen LogP contribution in [0.4, 0.5) is 11.5 Å². The molecule has 1 aliphatic heterocycles. The molecule has 1 aliphatic carbocycles. The molecule has 2 aliphatic rings. The summed E-state index contributed by atoms with van der Waals surface area (Å²) in [6.45, 7) is 3.59. The lowest BCUT2D eigenvalue weighted by atomic mass is 10.2. The van der Waals surface area contributed by atoms with Gasteiger partial charge in [-0.1, -0.05) is 36.0 Å². The molecule has 0 atom stereocenters. The lowest BCUT2D eigenvalue weighted by Crippen LogP contribution is -2.47. The standard InChI is InChI=1S/C26H26Cl2N6/c27-19-7-5-18(6-8-19)24-31-23-25(29-17-30-26(23)34(24)22-3-1-2-4-22)33-15-13-32(14-16-33)21-11-9-20(28)10-12-21/h5-12,17,22H,1-4,13-16H2. The van der Waals surface area contributed by atoms with Gasteiger partial charge >= 0.3 is 0 Å². The Balaban J connectivity index is 1.35. The molecule has 0 spiro atoms. The van der Waals surface area contributed by atoms with Gasteiger partial charge in [-0.05, 0) is 61.4 Å². The highest BCUT2D eigenvalue weighted by atomic mass is 35.5. The Hall–Kier alpha value is -2.83. The van der Waals surface area contributed by atoms with E-state index < -0.39 is 0 Å². The molecule has 1 saturated carbocycles. The zero-order valence-corrected chi connectivity index (χ0v) is 20.4. The van der Waals surface area contributed by atoms with Crippen LogP contribution in [-0.2, 0) is 0 Å². The lowest BCUT2D eigenvalue weighted by molar-refractivity contribution is 0.534. The molecule has 34 heavy (non-hydrogen) atoms. The first kappa shape index (κ1) is 21.7. The van der Waals surface area contributed by atoms with Crippen molar-refractivity contribution >= 4 is 45.9 Å². The molecule has 0 amide bonds. The minimum Gasteiger partial charge on any atom is -0.368 e. The van der Waals surface area contributed by atoms with E-state index in [1.54, 1.807) is 6.33 Å². The van der Waals surface area contributed by atoms with Crippen LogP contribution >= 0.6 is 23.2 Å². The number of fused-ring (bicyclic) bond motifs is 1. The third kappa shape index (κ3) is 3.99. The molecule has 1 saturated heterocycles. The number of hydrogen-bond donors (Lipinski definition) is 0. The summed E-state index contributed by atoms with van der Waals surface area (Å²) in [5.41, 5.74) is 4.08. The van der Waals surface area contributed by atoms with E-state index in [4.69, 9.17) is 38.2 Å². The normalized spacial score (nSPS) is 17.1. The van der Waals surface area contributed by atoms with Crippen LogP contribution in [0.2, 0.25) is 10.0 Å². The Morgan fingerprint density at radius 3 is 2.03 bits per heavy atom. The molecule has 2 aromatic heterocycles. The Morgan fingerprint density at radius 2 is 1.35 bits per heavy atom. The molecule has 8 heteroatoms. The van der Waals surface area contributed by atoms with Crippen molar-refractivity contribution in [2.75, 3.05) is 36.0 Å². The highest BCUT2D eigenvalue weighted by molar-refractivity contribution is 6.30. The van der Waals surface area contributed by atoms with Gasteiger partial charge in [-0.15, -0.1) is 0 Å². The van der Waals surface area contributed by atoms with E-state index >= 15 is 0 Å². The summed E-state index contributed by atoms with van der Waals surface area (Å²) < 4.78 is 2.35. The van der Waals surface area contributed by atoms with Crippen molar-refractivity contribution < 1.29 is 0 Å². The van der Waals surface area contributed by atoms with Crippen LogP contribution in [0.3, 0.4) is 0 Å². The molecular weight excluding hydrogens is 467 g/mol. The molecule has 0 N–H and O–H groups in total. The summed E-state index contributed by atoms with van der Waals surface area (Å²) in [5.74, 6) is 1.88. The zero-order valence-electron chi connectivity index (χ0n) is 18.9. The second kappa shape index (κ2) is 9.08. The Kier molecular flexibility index (Phi) is 5.79. The van der Waals surface area contributed by atoms with Gasteiger partial charge in [0.1, 0.15) is 12.2 Å². The van der Waals surface area contributed by atoms with E-state index in [-0.39, 0.29) is 0 Å². The van der Waals surface area contributed by atoms with Gasteiger partial charge in [0, 0.05) is 53.5 Å². The van der Waals surface area contributed by atoms with Crippen molar-refractivity contribution in [3.05, 3.63) is 64.9 Å². The molecule has 0 radical (unpaired) electrons. The number of aromatic nitrogens is 4. The van der Waals surface area contributed by atoms with Gasteiger partial charge in [-0.3, -0.25) is 0 Å². The van der Waals surface area contributed by atoms with Crippen LogP contribution in [-0.4, -0.2) is 45.7 Å². The molecular formula is C26H26Cl2N6. The topological polar surface area (TPSA) is 50.1 Å². The molecule has 6 nitrogen and oxygen atoms in total. The van der Waals surface area contributed by atoms with Crippen LogP contribution in [0.15, 0.2) is 54.9 Å². The van der Waals surface area contributed by atoms with E-state index in [1.807, 2.05) is 36.4 Å². The fraction of sp³-hybridized carbons (Fsp3) is 0.346. The number of piperazine rings is 1.